The van der Waals surface area contributed by atoms with Gasteiger partial charge < -0.3 is 11.1 Å². The van der Waals surface area contributed by atoms with Crippen molar-refractivity contribution in [3.05, 3.63) is 16.6 Å². The van der Waals surface area contributed by atoms with Crippen molar-refractivity contribution in [2.75, 3.05) is 13.1 Å². The van der Waals surface area contributed by atoms with E-state index in [9.17, 15) is 0 Å². The van der Waals surface area contributed by atoms with Crippen LogP contribution in [-0.2, 0) is 0 Å². The van der Waals surface area contributed by atoms with Gasteiger partial charge in [-0.25, -0.2) is 4.98 Å². The number of hydrogen-bond donors (Lipinski definition) is 2. The summed E-state index contributed by atoms with van der Waals surface area (Å²) in [7, 11) is 0. The average Bonchev–Trinajstić information content (AvgIpc) is 2.71. The summed E-state index contributed by atoms with van der Waals surface area (Å²) in [5.74, 6) is 0. The quantitative estimate of drug-likeness (QED) is 0.680. The lowest BCUT2D eigenvalue weighted by molar-refractivity contribution is 0.503. The van der Waals surface area contributed by atoms with Crippen molar-refractivity contribution in [1.29, 1.82) is 0 Å². The van der Waals surface area contributed by atoms with Crippen molar-refractivity contribution in [3.63, 3.8) is 0 Å². The van der Waals surface area contributed by atoms with Crippen molar-refractivity contribution in [2.24, 2.45) is 5.73 Å². The van der Waals surface area contributed by atoms with Gasteiger partial charge in [0.2, 0.25) is 0 Å². The standard InChI is InChI=1S/C10H19N3S/c1-2-9(10-13-7-8-14-10)12-6-4-3-5-11/h7-9,12H,2-6,11H2,1H3. The van der Waals surface area contributed by atoms with Gasteiger partial charge in [0.05, 0.1) is 6.04 Å². The zero-order valence-corrected chi connectivity index (χ0v) is 9.52. The molecule has 14 heavy (non-hydrogen) atoms. The van der Waals surface area contributed by atoms with Crippen LogP contribution in [0.4, 0.5) is 0 Å². The molecule has 0 aliphatic heterocycles. The summed E-state index contributed by atoms with van der Waals surface area (Å²) in [6.07, 6.45) is 5.21. The minimum Gasteiger partial charge on any atom is -0.330 e. The first-order chi connectivity index (χ1) is 6.88. The van der Waals surface area contributed by atoms with Gasteiger partial charge >= 0.3 is 0 Å². The van der Waals surface area contributed by atoms with Crippen LogP contribution in [0.2, 0.25) is 0 Å². The molecule has 1 rings (SSSR count). The largest absolute Gasteiger partial charge is 0.330 e. The fourth-order valence-electron chi connectivity index (χ4n) is 1.36. The molecule has 1 unspecified atom stereocenters. The molecule has 0 saturated heterocycles. The molecule has 0 amide bonds. The Labute approximate surface area is 89.7 Å². The van der Waals surface area contributed by atoms with Crippen molar-refractivity contribution in [2.45, 2.75) is 32.2 Å². The van der Waals surface area contributed by atoms with E-state index in [0.717, 1.165) is 32.4 Å². The van der Waals surface area contributed by atoms with Crippen LogP contribution in [0.15, 0.2) is 11.6 Å². The molecule has 3 nitrogen and oxygen atoms in total. The second-order valence-electron chi connectivity index (χ2n) is 3.28. The SMILES string of the molecule is CCC(NCCCCN)c1nccs1. The van der Waals surface area contributed by atoms with Gasteiger partial charge in [-0.2, -0.15) is 0 Å². The van der Waals surface area contributed by atoms with Crippen molar-refractivity contribution in [3.8, 4) is 0 Å². The molecule has 0 bridgehead atoms. The predicted molar refractivity (Wildman–Crippen MR) is 61.4 cm³/mol. The van der Waals surface area contributed by atoms with E-state index >= 15 is 0 Å². The van der Waals surface area contributed by atoms with Crippen LogP contribution in [0.1, 0.15) is 37.2 Å². The second-order valence-corrected chi connectivity index (χ2v) is 4.21. The normalized spacial score (nSPS) is 13.0. The smallest absolute Gasteiger partial charge is 0.109 e. The average molecular weight is 213 g/mol. The second kappa shape index (κ2) is 6.92. The summed E-state index contributed by atoms with van der Waals surface area (Å²) in [6, 6.07) is 0.424. The number of rotatable bonds is 7. The third-order valence-corrected chi connectivity index (χ3v) is 3.07. The third-order valence-electron chi connectivity index (χ3n) is 2.18. The molecular weight excluding hydrogens is 194 g/mol. The zero-order valence-electron chi connectivity index (χ0n) is 8.70. The maximum absolute atomic E-state index is 5.43. The number of nitrogens with one attached hydrogen (secondary N) is 1. The highest BCUT2D eigenvalue weighted by Crippen LogP contribution is 2.18. The van der Waals surface area contributed by atoms with E-state index in [0.29, 0.717) is 6.04 Å². The van der Waals surface area contributed by atoms with Crippen molar-refractivity contribution < 1.29 is 0 Å². The summed E-state index contributed by atoms with van der Waals surface area (Å²) in [4.78, 5) is 4.32. The Balaban J connectivity index is 2.26. The molecule has 0 fully saturated rings. The Bertz CT molecular complexity index is 223. The minimum absolute atomic E-state index is 0.424. The Hall–Kier alpha value is -0.450. The molecule has 0 saturated carbocycles. The third kappa shape index (κ3) is 3.74. The molecule has 0 aliphatic rings. The number of nitrogens with two attached hydrogens (primary N) is 1. The maximum atomic E-state index is 5.43. The fraction of sp³-hybridized carbons (Fsp3) is 0.700. The maximum Gasteiger partial charge on any atom is 0.109 e. The van der Waals surface area contributed by atoms with Crippen molar-refractivity contribution in [1.82, 2.24) is 10.3 Å². The lowest BCUT2D eigenvalue weighted by Gasteiger charge is -2.13. The first kappa shape index (κ1) is 11.6. The Morgan fingerprint density at radius 1 is 1.57 bits per heavy atom. The molecule has 1 atom stereocenters. The summed E-state index contributed by atoms with van der Waals surface area (Å²) in [5, 5.41) is 6.72. The van der Waals surface area contributed by atoms with E-state index in [1.807, 2.05) is 11.6 Å². The highest BCUT2D eigenvalue weighted by Gasteiger charge is 2.09. The van der Waals surface area contributed by atoms with Crippen LogP contribution in [0.25, 0.3) is 0 Å². The first-order valence-corrected chi connectivity index (χ1v) is 6.09. The topological polar surface area (TPSA) is 50.9 Å². The number of nitrogens with zero attached hydrogens (tertiary/aromatic N) is 1. The lowest BCUT2D eigenvalue weighted by atomic mass is 10.2. The van der Waals surface area contributed by atoms with E-state index in [1.54, 1.807) is 11.3 Å². The predicted octanol–water partition coefficient (Wildman–Crippen LogP) is 1.92. The van der Waals surface area contributed by atoms with Gasteiger partial charge in [0.15, 0.2) is 0 Å². The molecule has 1 heterocycles. The van der Waals surface area contributed by atoms with Crippen LogP contribution < -0.4 is 11.1 Å². The van der Waals surface area contributed by atoms with E-state index in [-0.39, 0.29) is 0 Å². The molecule has 0 spiro atoms. The van der Waals surface area contributed by atoms with E-state index < -0.39 is 0 Å². The summed E-state index contributed by atoms with van der Waals surface area (Å²) < 4.78 is 0. The van der Waals surface area contributed by atoms with Gasteiger partial charge in [0.1, 0.15) is 5.01 Å². The van der Waals surface area contributed by atoms with Gasteiger partial charge in [-0.15, -0.1) is 11.3 Å². The molecule has 0 aliphatic carbocycles. The number of hydrogen-bond acceptors (Lipinski definition) is 4. The molecule has 1 aromatic rings. The molecule has 80 valence electrons. The van der Waals surface area contributed by atoms with Gasteiger partial charge in [0, 0.05) is 11.6 Å². The van der Waals surface area contributed by atoms with E-state index in [2.05, 4.69) is 17.2 Å². The molecular formula is C10H19N3S. The van der Waals surface area contributed by atoms with Crippen molar-refractivity contribution >= 4 is 11.3 Å². The van der Waals surface area contributed by atoms with E-state index in [1.165, 1.54) is 5.01 Å². The molecule has 0 radical (unpaired) electrons. The van der Waals surface area contributed by atoms with Crippen LogP contribution in [0, 0.1) is 0 Å². The zero-order chi connectivity index (χ0) is 10.2. The summed E-state index contributed by atoms with van der Waals surface area (Å²) >= 11 is 1.72. The van der Waals surface area contributed by atoms with Gasteiger partial charge in [-0.3, -0.25) is 0 Å². The lowest BCUT2D eigenvalue weighted by Crippen LogP contribution is -2.22. The van der Waals surface area contributed by atoms with Crippen LogP contribution >= 0.6 is 11.3 Å². The Kier molecular flexibility index (Phi) is 5.75. The monoisotopic (exact) mass is 213 g/mol. The van der Waals surface area contributed by atoms with Crippen LogP contribution in [-0.4, -0.2) is 18.1 Å². The first-order valence-electron chi connectivity index (χ1n) is 5.21. The highest BCUT2D eigenvalue weighted by molar-refractivity contribution is 7.09. The van der Waals surface area contributed by atoms with Gasteiger partial charge in [-0.05, 0) is 32.4 Å². The summed E-state index contributed by atoms with van der Waals surface area (Å²) in [5.41, 5.74) is 5.43. The molecule has 3 N–H and O–H groups in total. The molecule has 4 heteroatoms. The number of thiazole rings is 1. The highest BCUT2D eigenvalue weighted by atomic mass is 32.1. The Morgan fingerprint density at radius 3 is 3.00 bits per heavy atom. The van der Waals surface area contributed by atoms with Gasteiger partial charge in [0.25, 0.3) is 0 Å². The number of unbranched alkanes of at least 4 members (excludes halogenated alkanes) is 1. The fourth-order valence-corrected chi connectivity index (χ4v) is 2.16. The Morgan fingerprint density at radius 2 is 2.43 bits per heavy atom. The van der Waals surface area contributed by atoms with Gasteiger partial charge in [-0.1, -0.05) is 6.92 Å². The van der Waals surface area contributed by atoms with E-state index in [4.69, 9.17) is 5.73 Å². The molecule has 1 aromatic heterocycles. The summed E-state index contributed by atoms with van der Waals surface area (Å²) in [6.45, 7) is 4.01. The number of aromatic nitrogens is 1. The van der Waals surface area contributed by atoms with Crippen LogP contribution in [0.5, 0.6) is 0 Å². The van der Waals surface area contributed by atoms with Crippen LogP contribution in [0.3, 0.4) is 0 Å². The minimum atomic E-state index is 0.424. The molecule has 0 aromatic carbocycles.